The van der Waals surface area contributed by atoms with E-state index in [1.807, 2.05) is 0 Å². The number of nitro benzene ring substituents is 1. The Morgan fingerprint density at radius 3 is 2.24 bits per heavy atom. The monoisotopic (exact) mass is 602 g/mol. The molecule has 0 bridgehead atoms. The molecule has 1 N–H and O–H groups in total. The first-order valence-electron chi connectivity index (χ1n) is 12.6. The zero-order valence-electron chi connectivity index (χ0n) is 23.0. The van der Waals surface area contributed by atoms with Crippen molar-refractivity contribution in [2.75, 3.05) is 25.0 Å². The molecule has 0 spiro atoms. The van der Waals surface area contributed by atoms with Crippen molar-refractivity contribution in [3.8, 4) is 5.75 Å². The molecule has 1 atom stereocenters. The number of nitrogens with zero attached hydrogens (tertiary/aromatic N) is 3. The molecular weight excluding hydrogens is 572 g/mol. The summed E-state index contributed by atoms with van der Waals surface area (Å²) in [6.07, 6.45) is 0.262. The van der Waals surface area contributed by atoms with E-state index in [4.69, 9.17) is 16.3 Å². The van der Waals surface area contributed by atoms with Crippen LogP contribution in [0.5, 0.6) is 5.75 Å². The number of amides is 2. The number of halogens is 1. The van der Waals surface area contributed by atoms with Gasteiger partial charge in [-0.25, -0.2) is 8.42 Å². The molecule has 13 heteroatoms. The SMILES string of the molecule is CCC(C(=O)NC)N(Cc1ccc(Cl)cc1)C(=O)CN(c1ccc(OC)cc1)S(=O)(=O)c1ccc(C)c([N+](=O)[O-])c1. The van der Waals surface area contributed by atoms with Gasteiger partial charge in [0.05, 0.1) is 22.6 Å². The second-order valence-corrected chi connectivity index (χ2v) is 11.4. The van der Waals surface area contributed by atoms with E-state index in [1.165, 1.54) is 62.4 Å². The molecule has 0 fully saturated rings. The summed E-state index contributed by atoms with van der Waals surface area (Å²) in [6, 6.07) is 15.4. The molecular formula is C28H31ClN4O7S. The standard InChI is InChI=1S/C28H31ClN4O7S/c1-5-25(28(35)30-3)31(17-20-7-9-21(29)10-8-20)27(34)18-32(22-11-13-23(40-4)14-12-22)41(38,39)24-15-6-19(2)26(16-24)33(36)37/h6-16,25H,5,17-18H2,1-4H3,(H,30,35). The van der Waals surface area contributed by atoms with E-state index in [0.29, 0.717) is 16.3 Å². The van der Waals surface area contributed by atoms with Gasteiger partial charge in [0.2, 0.25) is 11.8 Å². The highest BCUT2D eigenvalue weighted by molar-refractivity contribution is 7.92. The normalized spacial score (nSPS) is 11.8. The Kier molecular flexibility index (Phi) is 10.3. The summed E-state index contributed by atoms with van der Waals surface area (Å²) in [6.45, 7) is 2.56. The van der Waals surface area contributed by atoms with E-state index < -0.39 is 39.3 Å². The number of carbonyl (C=O) groups is 2. The molecule has 0 heterocycles. The maximum atomic E-state index is 14.0. The fourth-order valence-corrected chi connectivity index (χ4v) is 5.78. The van der Waals surface area contributed by atoms with Crippen LogP contribution in [0.3, 0.4) is 0 Å². The summed E-state index contributed by atoms with van der Waals surface area (Å²) >= 11 is 6.01. The fourth-order valence-electron chi connectivity index (χ4n) is 4.22. The van der Waals surface area contributed by atoms with Crippen LogP contribution in [0.25, 0.3) is 0 Å². The number of benzene rings is 3. The molecule has 0 aromatic heterocycles. The van der Waals surface area contributed by atoms with Crippen LogP contribution in [0.2, 0.25) is 5.02 Å². The number of anilines is 1. The summed E-state index contributed by atoms with van der Waals surface area (Å²) in [5, 5.41) is 14.6. The minimum absolute atomic E-state index is 0.00837. The summed E-state index contributed by atoms with van der Waals surface area (Å²) < 4.78 is 34.0. The molecule has 41 heavy (non-hydrogen) atoms. The highest BCUT2D eigenvalue weighted by Gasteiger charge is 2.34. The quantitative estimate of drug-likeness (QED) is 0.241. The Morgan fingerprint density at radius 2 is 1.71 bits per heavy atom. The van der Waals surface area contributed by atoms with Gasteiger partial charge in [-0.05, 0) is 61.4 Å². The Labute approximate surface area is 243 Å². The maximum Gasteiger partial charge on any atom is 0.273 e. The molecule has 1 unspecified atom stereocenters. The van der Waals surface area contributed by atoms with Crippen LogP contribution in [-0.2, 0) is 26.2 Å². The molecule has 3 rings (SSSR count). The first kappa shape index (κ1) is 31.4. The number of aryl methyl sites for hydroxylation is 1. The van der Waals surface area contributed by atoms with Gasteiger partial charge in [0, 0.05) is 30.2 Å². The number of hydrogen-bond acceptors (Lipinski definition) is 7. The molecule has 11 nitrogen and oxygen atoms in total. The molecule has 3 aromatic rings. The Hall–Kier alpha value is -4.16. The van der Waals surface area contributed by atoms with E-state index in [2.05, 4.69) is 5.32 Å². The average molecular weight is 603 g/mol. The molecule has 0 aliphatic rings. The van der Waals surface area contributed by atoms with Gasteiger partial charge < -0.3 is 15.0 Å². The maximum absolute atomic E-state index is 14.0. The lowest BCUT2D eigenvalue weighted by Crippen LogP contribution is -2.51. The van der Waals surface area contributed by atoms with Crippen LogP contribution < -0.4 is 14.4 Å². The zero-order chi connectivity index (χ0) is 30.3. The van der Waals surface area contributed by atoms with Crippen molar-refractivity contribution in [1.82, 2.24) is 10.2 Å². The van der Waals surface area contributed by atoms with Crippen LogP contribution in [0.15, 0.2) is 71.6 Å². The molecule has 0 saturated heterocycles. The minimum Gasteiger partial charge on any atom is -0.497 e. The largest absolute Gasteiger partial charge is 0.497 e. The molecule has 0 aliphatic heterocycles. The van der Waals surface area contributed by atoms with Gasteiger partial charge in [-0.3, -0.25) is 24.0 Å². The lowest BCUT2D eigenvalue weighted by atomic mass is 10.1. The predicted octanol–water partition coefficient (Wildman–Crippen LogP) is 4.31. The van der Waals surface area contributed by atoms with Crippen molar-refractivity contribution in [3.63, 3.8) is 0 Å². The van der Waals surface area contributed by atoms with Crippen molar-refractivity contribution in [2.24, 2.45) is 0 Å². The van der Waals surface area contributed by atoms with Gasteiger partial charge in [0.25, 0.3) is 15.7 Å². The van der Waals surface area contributed by atoms with Crippen LogP contribution in [0.1, 0.15) is 24.5 Å². The predicted molar refractivity (Wildman–Crippen MR) is 156 cm³/mol. The van der Waals surface area contributed by atoms with Gasteiger partial charge in [-0.2, -0.15) is 0 Å². The summed E-state index contributed by atoms with van der Waals surface area (Å²) in [5.74, 6) is -0.613. The molecule has 218 valence electrons. The van der Waals surface area contributed by atoms with Gasteiger partial charge >= 0.3 is 0 Å². The van der Waals surface area contributed by atoms with Gasteiger partial charge in [-0.15, -0.1) is 0 Å². The Morgan fingerprint density at radius 1 is 1.07 bits per heavy atom. The second kappa shape index (κ2) is 13.5. The van der Waals surface area contributed by atoms with Crippen LogP contribution >= 0.6 is 11.6 Å². The number of nitro groups is 1. The van der Waals surface area contributed by atoms with Crippen molar-refractivity contribution in [3.05, 3.63) is 93.0 Å². The van der Waals surface area contributed by atoms with E-state index >= 15 is 0 Å². The molecule has 0 aliphatic carbocycles. The van der Waals surface area contributed by atoms with Crippen LogP contribution in [0.4, 0.5) is 11.4 Å². The van der Waals surface area contributed by atoms with Crippen LogP contribution in [0, 0.1) is 17.0 Å². The first-order chi connectivity index (χ1) is 19.4. The topological polar surface area (TPSA) is 139 Å². The number of hydrogen-bond donors (Lipinski definition) is 1. The van der Waals surface area contributed by atoms with Gasteiger partial charge in [-0.1, -0.05) is 36.7 Å². The summed E-state index contributed by atoms with van der Waals surface area (Å²) in [7, 11) is -1.58. The van der Waals surface area contributed by atoms with Crippen LogP contribution in [-0.4, -0.2) is 56.8 Å². The van der Waals surface area contributed by atoms with E-state index in [9.17, 15) is 28.1 Å². The van der Waals surface area contributed by atoms with Gasteiger partial charge in [0.15, 0.2) is 0 Å². The molecule has 3 aromatic carbocycles. The number of likely N-dealkylation sites (N-methyl/N-ethyl adjacent to an activating group) is 1. The van der Waals surface area contributed by atoms with E-state index in [-0.39, 0.29) is 34.8 Å². The Balaban J connectivity index is 2.11. The highest BCUT2D eigenvalue weighted by Crippen LogP contribution is 2.29. The van der Waals surface area contributed by atoms with E-state index in [0.717, 1.165) is 10.4 Å². The van der Waals surface area contributed by atoms with Crippen molar-refractivity contribution in [2.45, 2.75) is 37.8 Å². The van der Waals surface area contributed by atoms with Crippen molar-refractivity contribution < 1.29 is 27.7 Å². The number of sulfonamides is 1. The van der Waals surface area contributed by atoms with Gasteiger partial charge in [0.1, 0.15) is 18.3 Å². The second-order valence-electron chi connectivity index (χ2n) is 9.10. The zero-order valence-corrected chi connectivity index (χ0v) is 24.6. The average Bonchev–Trinajstić information content (AvgIpc) is 2.96. The first-order valence-corrected chi connectivity index (χ1v) is 14.4. The number of methoxy groups -OCH3 is 1. The van der Waals surface area contributed by atoms with Crippen molar-refractivity contribution >= 4 is 44.8 Å². The number of carbonyl (C=O) groups excluding carboxylic acids is 2. The lowest BCUT2D eigenvalue weighted by Gasteiger charge is -2.33. The number of rotatable bonds is 12. The molecule has 0 radical (unpaired) electrons. The lowest BCUT2D eigenvalue weighted by molar-refractivity contribution is -0.385. The third-order valence-electron chi connectivity index (χ3n) is 6.50. The number of ether oxygens (including phenoxy) is 1. The summed E-state index contributed by atoms with van der Waals surface area (Å²) in [4.78, 5) is 38.5. The summed E-state index contributed by atoms with van der Waals surface area (Å²) in [5.41, 5.74) is 0.716. The molecule has 0 saturated carbocycles. The van der Waals surface area contributed by atoms with Crippen molar-refractivity contribution in [1.29, 1.82) is 0 Å². The smallest absolute Gasteiger partial charge is 0.273 e. The Bertz CT molecular complexity index is 1510. The fraction of sp³-hybridized carbons (Fsp3) is 0.286. The third kappa shape index (κ3) is 7.33. The minimum atomic E-state index is -4.49. The molecule has 2 amide bonds. The highest BCUT2D eigenvalue weighted by atomic mass is 35.5. The van der Waals surface area contributed by atoms with E-state index in [1.54, 1.807) is 31.2 Å². The number of nitrogens with one attached hydrogen (secondary N) is 1. The third-order valence-corrected chi connectivity index (χ3v) is 8.52.